The van der Waals surface area contributed by atoms with Crippen molar-refractivity contribution in [2.24, 2.45) is 5.92 Å². The fraction of sp³-hybridized carbons (Fsp3) is 0.310. The predicted octanol–water partition coefficient (Wildman–Crippen LogP) is 6.40. The zero-order chi connectivity index (χ0) is 31.2. The van der Waals surface area contributed by atoms with Gasteiger partial charge in [-0.25, -0.2) is 8.42 Å². The largest absolute Gasteiger partial charge is 0.416 e. The van der Waals surface area contributed by atoms with Gasteiger partial charge in [0.05, 0.1) is 16.1 Å². The summed E-state index contributed by atoms with van der Waals surface area (Å²) in [6.45, 7) is 4.48. The molecule has 3 aromatic rings. The SMILES string of the molecule is CC(C)CNC(=O)C(C)N(Cc1ccc(Cl)cc1Cl)C(=O)CN(c1cccc(C(F)(F)F)c1)S(=O)(=O)c1ccccc1. The molecule has 3 aromatic carbocycles. The monoisotopic (exact) mass is 643 g/mol. The van der Waals surface area contributed by atoms with E-state index >= 15 is 0 Å². The number of hydrogen-bond donors (Lipinski definition) is 1. The zero-order valence-corrected chi connectivity index (χ0v) is 25.4. The van der Waals surface area contributed by atoms with Gasteiger partial charge in [0.2, 0.25) is 11.8 Å². The van der Waals surface area contributed by atoms with Crippen LogP contribution in [0, 0.1) is 5.92 Å². The Balaban J connectivity index is 2.08. The molecule has 0 heterocycles. The third-order valence-electron chi connectivity index (χ3n) is 6.28. The van der Waals surface area contributed by atoms with E-state index in [0.29, 0.717) is 27.5 Å². The second-order valence-electron chi connectivity index (χ2n) is 9.95. The number of carbonyl (C=O) groups excluding carboxylic acids is 2. The van der Waals surface area contributed by atoms with E-state index in [1.54, 1.807) is 18.2 Å². The Hall–Kier alpha value is -3.28. The van der Waals surface area contributed by atoms with Crippen LogP contribution in [0.25, 0.3) is 0 Å². The predicted molar refractivity (Wildman–Crippen MR) is 157 cm³/mol. The molecule has 0 saturated heterocycles. The molecule has 0 aliphatic heterocycles. The standard InChI is InChI=1S/C29H30Cl2F3N3O4S/c1-19(2)16-35-28(39)20(3)36(17-21-12-13-23(30)15-26(21)31)27(38)18-37(42(40,41)25-10-5-4-6-11-25)24-9-7-8-22(14-24)29(32,33)34/h4-15,19-20H,16-18H2,1-3H3,(H,35,39). The number of nitrogens with one attached hydrogen (secondary N) is 1. The van der Waals surface area contributed by atoms with Gasteiger partial charge in [0.15, 0.2) is 0 Å². The number of alkyl halides is 3. The zero-order valence-electron chi connectivity index (χ0n) is 23.0. The molecule has 1 N–H and O–H groups in total. The molecule has 13 heteroatoms. The summed E-state index contributed by atoms with van der Waals surface area (Å²) in [5, 5.41) is 3.30. The number of rotatable bonds is 11. The minimum Gasteiger partial charge on any atom is -0.354 e. The molecule has 0 radical (unpaired) electrons. The van der Waals surface area contributed by atoms with E-state index < -0.39 is 46.2 Å². The van der Waals surface area contributed by atoms with Gasteiger partial charge in [-0.15, -0.1) is 0 Å². The molecule has 0 aliphatic carbocycles. The molecule has 1 atom stereocenters. The molecule has 0 saturated carbocycles. The molecule has 226 valence electrons. The quantitative estimate of drug-likeness (QED) is 0.262. The molecular formula is C29H30Cl2F3N3O4S. The highest BCUT2D eigenvalue weighted by Gasteiger charge is 2.35. The van der Waals surface area contributed by atoms with Crippen LogP contribution in [-0.4, -0.2) is 44.3 Å². The Morgan fingerprint density at radius 2 is 1.60 bits per heavy atom. The van der Waals surface area contributed by atoms with Crippen molar-refractivity contribution in [1.29, 1.82) is 0 Å². The maximum Gasteiger partial charge on any atom is 0.416 e. The highest BCUT2D eigenvalue weighted by Crippen LogP contribution is 2.33. The van der Waals surface area contributed by atoms with Gasteiger partial charge >= 0.3 is 6.18 Å². The normalized spacial score (nSPS) is 12.6. The number of halogens is 5. The molecule has 7 nitrogen and oxygen atoms in total. The summed E-state index contributed by atoms with van der Waals surface area (Å²) in [5.74, 6) is -1.23. The molecule has 42 heavy (non-hydrogen) atoms. The number of nitrogens with zero attached hydrogens (tertiary/aromatic N) is 2. The summed E-state index contributed by atoms with van der Waals surface area (Å²) in [7, 11) is -4.52. The van der Waals surface area contributed by atoms with E-state index in [0.717, 1.165) is 17.0 Å². The Kier molecular flexibility index (Phi) is 10.9. The lowest BCUT2D eigenvalue weighted by atomic mass is 10.1. The van der Waals surface area contributed by atoms with E-state index in [2.05, 4.69) is 5.32 Å². The van der Waals surface area contributed by atoms with Gasteiger partial charge in [0.25, 0.3) is 10.0 Å². The number of hydrogen-bond acceptors (Lipinski definition) is 4. The second-order valence-corrected chi connectivity index (χ2v) is 12.7. The van der Waals surface area contributed by atoms with Gasteiger partial charge in [-0.1, -0.05) is 67.4 Å². The van der Waals surface area contributed by atoms with Crippen LogP contribution < -0.4 is 9.62 Å². The fourth-order valence-electron chi connectivity index (χ4n) is 3.95. The lowest BCUT2D eigenvalue weighted by molar-refractivity contribution is -0.139. The molecule has 0 bridgehead atoms. The smallest absolute Gasteiger partial charge is 0.354 e. The van der Waals surface area contributed by atoms with Crippen LogP contribution in [0.5, 0.6) is 0 Å². The number of anilines is 1. The van der Waals surface area contributed by atoms with Crippen molar-refractivity contribution in [2.75, 3.05) is 17.4 Å². The highest BCUT2D eigenvalue weighted by atomic mass is 35.5. The summed E-state index contributed by atoms with van der Waals surface area (Å²) in [6, 6.07) is 14.2. The number of sulfonamides is 1. The van der Waals surface area contributed by atoms with Crippen molar-refractivity contribution >= 4 is 50.7 Å². The summed E-state index contributed by atoms with van der Waals surface area (Å²) in [5.41, 5.74) is -1.04. The van der Waals surface area contributed by atoms with E-state index in [-0.39, 0.29) is 28.1 Å². The van der Waals surface area contributed by atoms with Crippen molar-refractivity contribution in [3.63, 3.8) is 0 Å². The van der Waals surface area contributed by atoms with E-state index in [1.807, 2.05) is 13.8 Å². The fourth-order valence-corrected chi connectivity index (χ4v) is 5.85. The minimum atomic E-state index is -4.76. The number of amides is 2. The van der Waals surface area contributed by atoms with Crippen molar-refractivity contribution < 1.29 is 31.2 Å². The van der Waals surface area contributed by atoms with Crippen LogP contribution in [0.3, 0.4) is 0 Å². The molecule has 0 aliphatic rings. The molecular weight excluding hydrogens is 614 g/mol. The lowest BCUT2D eigenvalue weighted by Gasteiger charge is -2.32. The highest BCUT2D eigenvalue weighted by molar-refractivity contribution is 7.92. The van der Waals surface area contributed by atoms with Crippen LogP contribution >= 0.6 is 23.2 Å². The van der Waals surface area contributed by atoms with Crippen molar-refractivity contribution in [3.05, 3.63) is 94.0 Å². The average molecular weight is 645 g/mol. The van der Waals surface area contributed by atoms with E-state index in [4.69, 9.17) is 23.2 Å². The Bertz CT molecular complexity index is 1520. The van der Waals surface area contributed by atoms with Gasteiger partial charge in [0.1, 0.15) is 12.6 Å². The molecule has 0 aromatic heterocycles. The van der Waals surface area contributed by atoms with Crippen molar-refractivity contribution in [1.82, 2.24) is 10.2 Å². The van der Waals surface area contributed by atoms with Gasteiger partial charge in [-0.05, 0) is 60.9 Å². The Labute approximate surface area is 253 Å². The molecule has 2 amide bonds. The van der Waals surface area contributed by atoms with Gasteiger partial charge in [-0.2, -0.15) is 13.2 Å². The minimum absolute atomic E-state index is 0.114. The molecule has 0 fully saturated rings. The first kappa shape index (κ1) is 33.2. The van der Waals surface area contributed by atoms with Crippen LogP contribution in [0.1, 0.15) is 31.9 Å². The van der Waals surface area contributed by atoms with Crippen molar-refractivity contribution in [3.8, 4) is 0 Å². The number of benzene rings is 3. The van der Waals surface area contributed by atoms with Crippen LogP contribution in [0.4, 0.5) is 18.9 Å². The lowest BCUT2D eigenvalue weighted by Crippen LogP contribution is -2.51. The molecule has 0 spiro atoms. The first-order valence-corrected chi connectivity index (χ1v) is 15.1. The first-order valence-electron chi connectivity index (χ1n) is 12.9. The topological polar surface area (TPSA) is 86.8 Å². The Morgan fingerprint density at radius 3 is 2.19 bits per heavy atom. The maximum absolute atomic E-state index is 13.9. The van der Waals surface area contributed by atoms with Crippen LogP contribution in [0.15, 0.2) is 77.7 Å². The van der Waals surface area contributed by atoms with E-state index in [9.17, 15) is 31.2 Å². The van der Waals surface area contributed by atoms with Gasteiger partial charge < -0.3 is 10.2 Å². The third kappa shape index (κ3) is 8.39. The summed E-state index contributed by atoms with van der Waals surface area (Å²) in [4.78, 5) is 27.8. The van der Waals surface area contributed by atoms with Gasteiger partial charge in [0, 0.05) is 23.1 Å². The summed E-state index contributed by atoms with van der Waals surface area (Å²) >= 11 is 12.4. The van der Waals surface area contributed by atoms with Crippen LogP contribution in [0.2, 0.25) is 10.0 Å². The summed E-state index contributed by atoms with van der Waals surface area (Å²) < 4.78 is 68.8. The maximum atomic E-state index is 13.9. The Morgan fingerprint density at radius 1 is 0.929 bits per heavy atom. The first-order chi connectivity index (χ1) is 19.6. The van der Waals surface area contributed by atoms with E-state index in [1.165, 1.54) is 43.3 Å². The molecule has 1 unspecified atom stereocenters. The average Bonchev–Trinajstić information content (AvgIpc) is 2.93. The van der Waals surface area contributed by atoms with Crippen LogP contribution in [-0.2, 0) is 32.3 Å². The number of carbonyl (C=O) groups is 2. The summed E-state index contributed by atoms with van der Waals surface area (Å²) in [6.07, 6.45) is -4.76. The van der Waals surface area contributed by atoms with Crippen molar-refractivity contribution in [2.45, 2.75) is 44.4 Å². The van der Waals surface area contributed by atoms with Gasteiger partial charge in [-0.3, -0.25) is 13.9 Å². The molecule has 3 rings (SSSR count). The second kappa shape index (κ2) is 13.8. The third-order valence-corrected chi connectivity index (χ3v) is 8.65.